The number of hydrogen-bond donors (Lipinski definition) is 2. The minimum absolute atomic E-state index is 0.333. The largest absolute Gasteiger partial charge is 0.497 e. The van der Waals surface area contributed by atoms with Crippen LogP contribution in [0.3, 0.4) is 0 Å². The number of rotatable bonds is 5. The maximum absolute atomic E-state index is 5.76. The zero-order chi connectivity index (χ0) is 15.4. The van der Waals surface area contributed by atoms with E-state index in [1.807, 2.05) is 30.3 Å². The highest BCUT2D eigenvalue weighted by Crippen LogP contribution is 2.30. The highest BCUT2D eigenvalue weighted by atomic mass is 79.9. The third-order valence-electron chi connectivity index (χ3n) is 2.88. The van der Waals surface area contributed by atoms with E-state index in [1.54, 1.807) is 20.3 Å². The molecule has 0 saturated carbocycles. The van der Waals surface area contributed by atoms with Crippen molar-refractivity contribution in [2.75, 3.05) is 19.5 Å². The van der Waals surface area contributed by atoms with Crippen molar-refractivity contribution in [2.24, 2.45) is 5.73 Å². The van der Waals surface area contributed by atoms with Crippen molar-refractivity contribution in [2.45, 2.75) is 0 Å². The number of anilines is 2. The van der Waals surface area contributed by atoms with Gasteiger partial charge < -0.3 is 20.5 Å². The summed E-state index contributed by atoms with van der Waals surface area (Å²) in [5, 5.41) is 3.29. The van der Waals surface area contributed by atoms with E-state index >= 15 is 0 Å². The molecule has 0 bridgehead atoms. The van der Waals surface area contributed by atoms with E-state index in [9.17, 15) is 0 Å². The van der Waals surface area contributed by atoms with Crippen LogP contribution >= 0.6 is 28.1 Å². The Hall–Kier alpha value is -1.79. The van der Waals surface area contributed by atoms with E-state index in [0.717, 1.165) is 21.4 Å². The average molecular weight is 367 g/mol. The van der Waals surface area contributed by atoms with Crippen LogP contribution in [0.25, 0.3) is 0 Å². The summed E-state index contributed by atoms with van der Waals surface area (Å²) in [6, 6.07) is 11.2. The molecule has 0 aromatic heterocycles. The van der Waals surface area contributed by atoms with Gasteiger partial charge >= 0.3 is 0 Å². The molecule has 0 aliphatic heterocycles. The topological polar surface area (TPSA) is 56.5 Å². The van der Waals surface area contributed by atoms with E-state index in [0.29, 0.717) is 16.5 Å². The number of benzene rings is 2. The molecule has 0 amide bonds. The smallest absolute Gasteiger partial charge is 0.124 e. The van der Waals surface area contributed by atoms with Crippen LogP contribution < -0.4 is 20.5 Å². The highest BCUT2D eigenvalue weighted by molar-refractivity contribution is 9.10. The van der Waals surface area contributed by atoms with E-state index < -0.39 is 0 Å². The number of nitrogens with two attached hydrogens (primary N) is 1. The number of hydrogen-bond acceptors (Lipinski definition) is 4. The summed E-state index contributed by atoms with van der Waals surface area (Å²) in [5.41, 5.74) is 8.16. The van der Waals surface area contributed by atoms with Gasteiger partial charge in [-0.15, -0.1) is 0 Å². The molecule has 4 nitrogen and oxygen atoms in total. The molecular formula is C15H15BrN2O2S. The molecule has 3 N–H and O–H groups in total. The van der Waals surface area contributed by atoms with Crippen molar-refractivity contribution in [3.8, 4) is 11.5 Å². The first-order valence-electron chi connectivity index (χ1n) is 6.13. The zero-order valence-electron chi connectivity index (χ0n) is 11.6. The normalized spacial score (nSPS) is 10.0. The van der Waals surface area contributed by atoms with Crippen molar-refractivity contribution in [1.29, 1.82) is 0 Å². The van der Waals surface area contributed by atoms with E-state index in [4.69, 9.17) is 27.4 Å². The van der Waals surface area contributed by atoms with Gasteiger partial charge in [0.1, 0.15) is 16.5 Å². The average Bonchev–Trinajstić information content (AvgIpc) is 2.46. The molecule has 2 rings (SSSR count). The Morgan fingerprint density at radius 3 is 2.24 bits per heavy atom. The fourth-order valence-corrected chi connectivity index (χ4v) is 2.41. The van der Waals surface area contributed by atoms with Crippen LogP contribution in [0.5, 0.6) is 11.5 Å². The summed E-state index contributed by atoms with van der Waals surface area (Å²) in [6.07, 6.45) is 0. The van der Waals surface area contributed by atoms with Gasteiger partial charge in [0, 0.05) is 39.6 Å². The number of halogens is 1. The van der Waals surface area contributed by atoms with E-state index in [-0.39, 0.29) is 0 Å². The summed E-state index contributed by atoms with van der Waals surface area (Å²) >= 11 is 8.52. The molecule has 6 heteroatoms. The molecule has 0 radical (unpaired) electrons. The van der Waals surface area contributed by atoms with Gasteiger partial charge in [-0.1, -0.05) is 28.1 Å². The Kier molecular flexibility index (Phi) is 5.03. The number of ether oxygens (including phenoxy) is 2. The Bertz CT molecular complexity index is 654. The minimum atomic E-state index is 0.333. The van der Waals surface area contributed by atoms with Crippen molar-refractivity contribution in [3.63, 3.8) is 0 Å². The molecule has 0 aliphatic rings. The molecule has 0 atom stereocenters. The number of methoxy groups -OCH3 is 2. The summed E-state index contributed by atoms with van der Waals surface area (Å²) in [6.45, 7) is 0. The van der Waals surface area contributed by atoms with Crippen LogP contribution in [-0.2, 0) is 0 Å². The number of nitrogens with one attached hydrogen (secondary N) is 1. The molecule has 2 aromatic carbocycles. The second kappa shape index (κ2) is 6.78. The predicted octanol–water partition coefficient (Wildman–Crippen LogP) is 3.84. The predicted molar refractivity (Wildman–Crippen MR) is 92.9 cm³/mol. The third kappa shape index (κ3) is 3.86. The van der Waals surface area contributed by atoms with E-state index in [1.165, 1.54) is 0 Å². The van der Waals surface area contributed by atoms with Crippen molar-refractivity contribution in [3.05, 3.63) is 46.4 Å². The van der Waals surface area contributed by atoms with Gasteiger partial charge in [0.05, 0.1) is 14.2 Å². The Morgan fingerprint density at radius 1 is 1.10 bits per heavy atom. The maximum atomic E-state index is 5.76. The lowest BCUT2D eigenvalue weighted by Crippen LogP contribution is -2.11. The van der Waals surface area contributed by atoms with Gasteiger partial charge in [-0.25, -0.2) is 0 Å². The Balaban J connectivity index is 2.42. The van der Waals surface area contributed by atoms with Gasteiger partial charge in [-0.2, -0.15) is 0 Å². The molecule has 0 fully saturated rings. The quantitative estimate of drug-likeness (QED) is 0.787. The number of thiocarbonyl (C=S) groups is 1. The lowest BCUT2D eigenvalue weighted by atomic mass is 10.1. The molecule has 110 valence electrons. The molecule has 0 heterocycles. The van der Waals surface area contributed by atoms with Crippen LogP contribution in [0.1, 0.15) is 5.56 Å². The lowest BCUT2D eigenvalue weighted by molar-refractivity contribution is 0.395. The minimum Gasteiger partial charge on any atom is -0.497 e. The van der Waals surface area contributed by atoms with Crippen LogP contribution in [0.2, 0.25) is 0 Å². The van der Waals surface area contributed by atoms with Crippen molar-refractivity contribution < 1.29 is 9.47 Å². The molecular weight excluding hydrogens is 352 g/mol. The molecule has 21 heavy (non-hydrogen) atoms. The lowest BCUT2D eigenvalue weighted by Gasteiger charge is -2.14. The van der Waals surface area contributed by atoms with Crippen LogP contribution in [0, 0.1) is 0 Å². The molecule has 2 aromatic rings. The summed E-state index contributed by atoms with van der Waals surface area (Å²) in [4.78, 5) is 0.333. The Labute approximate surface area is 137 Å². The van der Waals surface area contributed by atoms with Crippen LogP contribution in [0.4, 0.5) is 11.4 Å². The molecule has 0 aliphatic carbocycles. The highest BCUT2D eigenvalue weighted by Gasteiger charge is 2.08. The summed E-state index contributed by atoms with van der Waals surface area (Å²) < 4.78 is 11.4. The summed E-state index contributed by atoms with van der Waals surface area (Å²) in [5.74, 6) is 1.40. The first-order valence-corrected chi connectivity index (χ1v) is 7.33. The van der Waals surface area contributed by atoms with E-state index in [2.05, 4.69) is 21.2 Å². The second-order valence-corrected chi connectivity index (χ2v) is 5.64. The van der Waals surface area contributed by atoms with Gasteiger partial charge in [0.2, 0.25) is 0 Å². The zero-order valence-corrected chi connectivity index (χ0v) is 14.0. The monoisotopic (exact) mass is 366 g/mol. The Morgan fingerprint density at radius 2 is 1.71 bits per heavy atom. The first kappa shape index (κ1) is 15.6. The van der Waals surface area contributed by atoms with Crippen LogP contribution in [0.15, 0.2) is 40.9 Å². The second-order valence-electron chi connectivity index (χ2n) is 4.28. The van der Waals surface area contributed by atoms with Gasteiger partial charge in [-0.05, 0) is 18.2 Å². The molecule has 0 spiro atoms. The van der Waals surface area contributed by atoms with Crippen LogP contribution in [-0.4, -0.2) is 19.2 Å². The van der Waals surface area contributed by atoms with Crippen molar-refractivity contribution in [1.82, 2.24) is 0 Å². The molecule has 0 unspecified atom stereocenters. The van der Waals surface area contributed by atoms with Gasteiger partial charge in [0.25, 0.3) is 0 Å². The fourth-order valence-electron chi connectivity index (χ4n) is 1.87. The maximum Gasteiger partial charge on any atom is 0.124 e. The summed E-state index contributed by atoms with van der Waals surface area (Å²) in [7, 11) is 3.22. The third-order valence-corrected chi connectivity index (χ3v) is 3.59. The fraction of sp³-hybridized carbons (Fsp3) is 0.133. The standard InChI is InChI=1S/C15H15BrN2O2S/c1-19-11-6-10(7-12(8-11)20-2)18-14-5-9(16)3-4-13(14)15(17)21/h3-8,18H,1-2H3,(H2,17,21). The van der Waals surface area contributed by atoms with Crippen molar-refractivity contribution >= 4 is 44.5 Å². The molecule has 0 saturated heterocycles. The first-order chi connectivity index (χ1) is 10.0. The SMILES string of the molecule is COc1cc(Nc2cc(Br)ccc2C(N)=S)cc(OC)c1. The van der Waals surface area contributed by atoms with Gasteiger partial charge in [-0.3, -0.25) is 0 Å². The van der Waals surface area contributed by atoms with Gasteiger partial charge in [0.15, 0.2) is 0 Å².